The summed E-state index contributed by atoms with van der Waals surface area (Å²) in [4.78, 5) is 10.8. The summed E-state index contributed by atoms with van der Waals surface area (Å²) >= 11 is 1.22. The molecule has 100 valence electrons. The molecule has 0 heterocycles. The van der Waals surface area contributed by atoms with Crippen molar-refractivity contribution in [2.45, 2.75) is 30.4 Å². The van der Waals surface area contributed by atoms with Gasteiger partial charge in [0, 0.05) is 16.6 Å². The summed E-state index contributed by atoms with van der Waals surface area (Å²) in [5.41, 5.74) is 5.87. The molecule has 1 atom stereocenters. The average Bonchev–Trinajstić information content (AvgIpc) is 2.26. The second-order valence-corrected chi connectivity index (χ2v) is 6.07. The van der Waals surface area contributed by atoms with Gasteiger partial charge >= 0.3 is 5.97 Å². The molecule has 0 saturated heterocycles. The van der Waals surface area contributed by atoms with Crippen molar-refractivity contribution >= 4 is 17.7 Å². The van der Waals surface area contributed by atoms with Gasteiger partial charge in [0.1, 0.15) is 17.7 Å². The number of hydrogen-bond donors (Lipinski definition) is 2. The molecule has 3 nitrogen and oxygen atoms in total. The zero-order valence-corrected chi connectivity index (χ0v) is 10.9. The molecule has 0 aliphatic rings. The maximum atomic E-state index is 13.4. The SMILES string of the molecule is CC(C)(SCc1ccc(F)cc1F)[C@@H](N)C(=O)O. The number of benzene rings is 1. The molecule has 0 spiro atoms. The Hall–Kier alpha value is -1.14. The van der Waals surface area contributed by atoms with Crippen LogP contribution >= 0.6 is 11.8 Å². The van der Waals surface area contributed by atoms with Gasteiger partial charge in [0.15, 0.2) is 0 Å². The van der Waals surface area contributed by atoms with Crippen LogP contribution in [0, 0.1) is 11.6 Å². The molecule has 0 radical (unpaired) electrons. The summed E-state index contributed by atoms with van der Waals surface area (Å²) in [7, 11) is 0. The number of carbonyl (C=O) groups is 1. The molecule has 1 aromatic rings. The van der Waals surface area contributed by atoms with Crippen LogP contribution in [0.5, 0.6) is 0 Å². The Morgan fingerprint density at radius 2 is 2.11 bits per heavy atom. The molecule has 18 heavy (non-hydrogen) atoms. The largest absolute Gasteiger partial charge is 0.480 e. The molecule has 0 bridgehead atoms. The van der Waals surface area contributed by atoms with Gasteiger partial charge in [0.25, 0.3) is 0 Å². The summed E-state index contributed by atoms with van der Waals surface area (Å²) in [6.45, 7) is 3.36. The molecule has 0 fully saturated rings. The van der Waals surface area contributed by atoms with E-state index in [0.29, 0.717) is 5.56 Å². The van der Waals surface area contributed by atoms with Crippen molar-refractivity contribution in [3.05, 3.63) is 35.4 Å². The smallest absolute Gasteiger partial charge is 0.321 e. The van der Waals surface area contributed by atoms with Crippen molar-refractivity contribution in [1.82, 2.24) is 0 Å². The fourth-order valence-electron chi connectivity index (χ4n) is 1.29. The van der Waals surface area contributed by atoms with Crippen LogP contribution in [0.2, 0.25) is 0 Å². The van der Waals surface area contributed by atoms with Crippen LogP contribution in [0.25, 0.3) is 0 Å². The number of aliphatic carboxylic acids is 1. The van der Waals surface area contributed by atoms with Crippen molar-refractivity contribution in [2.75, 3.05) is 0 Å². The van der Waals surface area contributed by atoms with E-state index in [4.69, 9.17) is 10.8 Å². The minimum atomic E-state index is -1.10. The van der Waals surface area contributed by atoms with Gasteiger partial charge in [0.05, 0.1) is 0 Å². The van der Waals surface area contributed by atoms with Crippen molar-refractivity contribution in [3.8, 4) is 0 Å². The molecule has 0 aliphatic heterocycles. The lowest BCUT2D eigenvalue weighted by atomic mass is 10.1. The fourth-order valence-corrected chi connectivity index (χ4v) is 2.33. The highest BCUT2D eigenvalue weighted by Gasteiger charge is 2.32. The second kappa shape index (κ2) is 5.67. The van der Waals surface area contributed by atoms with Gasteiger partial charge in [0.2, 0.25) is 0 Å². The third kappa shape index (κ3) is 3.68. The fraction of sp³-hybridized carbons (Fsp3) is 0.417. The maximum absolute atomic E-state index is 13.4. The number of hydrogen-bond acceptors (Lipinski definition) is 3. The Balaban J connectivity index is 2.72. The lowest BCUT2D eigenvalue weighted by Gasteiger charge is -2.28. The first kappa shape index (κ1) is 14.9. The minimum absolute atomic E-state index is 0.236. The van der Waals surface area contributed by atoms with E-state index in [-0.39, 0.29) is 5.75 Å². The standard InChI is InChI=1S/C12H15F2NO2S/c1-12(2,10(15)11(16)17)18-6-7-3-4-8(13)5-9(7)14/h3-5,10H,6,15H2,1-2H3,(H,16,17)/t10-/m0/s1. The summed E-state index contributed by atoms with van der Waals surface area (Å²) in [5, 5.41) is 8.84. The first-order valence-corrected chi connectivity index (χ1v) is 6.29. The highest BCUT2D eigenvalue weighted by Crippen LogP contribution is 2.31. The van der Waals surface area contributed by atoms with E-state index in [1.54, 1.807) is 13.8 Å². The molecule has 0 aliphatic carbocycles. The van der Waals surface area contributed by atoms with Crippen molar-refractivity contribution in [2.24, 2.45) is 5.73 Å². The zero-order chi connectivity index (χ0) is 13.9. The van der Waals surface area contributed by atoms with Crippen LogP contribution in [0.4, 0.5) is 8.78 Å². The molecule has 1 rings (SSSR count). The highest BCUT2D eigenvalue weighted by molar-refractivity contribution is 7.99. The Bertz CT molecular complexity index is 452. The van der Waals surface area contributed by atoms with E-state index in [1.165, 1.54) is 23.9 Å². The van der Waals surface area contributed by atoms with Gasteiger partial charge in [-0.25, -0.2) is 8.78 Å². The van der Waals surface area contributed by atoms with Crippen LogP contribution in [-0.4, -0.2) is 21.9 Å². The predicted molar refractivity (Wildman–Crippen MR) is 67.3 cm³/mol. The molecule has 6 heteroatoms. The lowest BCUT2D eigenvalue weighted by molar-refractivity contribution is -0.139. The number of nitrogens with two attached hydrogens (primary N) is 1. The molecule has 0 aromatic heterocycles. The molecular weight excluding hydrogens is 260 g/mol. The van der Waals surface area contributed by atoms with Gasteiger partial charge in [-0.05, 0) is 25.5 Å². The number of carboxylic acid groups (broad SMARTS) is 1. The summed E-state index contributed by atoms with van der Waals surface area (Å²) in [6.07, 6.45) is 0. The van der Waals surface area contributed by atoms with Crippen LogP contribution in [-0.2, 0) is 10.5 Å². The third-order valence-corrected chi connectivity index (χ3v) is 4.08. The van der Waals surface area contributed by atoms with E-state index in [0.717, 1.165) is 6.07 Å². The zero-order valence-electron chi connectivity index (χ0n) is 10.1. The van der Waals surface area contributed by atoms with Gasteiger partial charge in [-0.15, -0.1) is 11.8 Å². The van der Waals surface area contributed by atoms with Crippen molar-refractivity contribution < 1.29 is 18.7 Å². The van der Waals surface area contributed by atoms with Gasteiger partial charge < -0.3 is 10.8 Å². The summed E-state index contributed by atoms with van der Waals surface area (Å²) < 4.78 is 25.4. The monoisotopic (exact) mass is 275 g/mol. The highest BCUT2D eigenvalue weighted by atomic mass is 32.2. The molecular formula is C12H15F2NO2S. The molecule has 0 saturated carbocycles. The predicted octanol–water partition coefficient (Wildman–Crippen LogP) is 2.39. The van der Waals surface area contributed by atoms with E-state index in [1.807, 2.05) is 0 Å². The van der Waals surface area contributed by atoms with Crippen LogP contribution in [0.1, 0.15) is 19.4 Å². The lowest BCUT2D eigenvalue weighted by Crippen LogP contribution is -2.46. The topological polar surface area (TPSA) is 63.3 Å². The Morgan fingerprint density at radius 1 is 1.50 bits per heavy atom. The Kier molecular flexibility index (Phi) is 4.70. The quantitative estimate of drug-likeness (QED) is 0.866. The Morgan fingerprint density at radius 3 is 2.61 bits per heavy atom. The number of carboxylic acids is 1. The molecule has 0 amide bonds. The number of halogens is 2. The summed E-state index contributed by atoms with van der Waals surface area (Å²) in [6, 6.07) is 2.27. The van der Waals surface area contributed by atoms with Crippen LogP contribution < -0.4 is 5.73 Å². The maximum Gasteiger partial charge on any atom is 0.321 e. The van der Waals surface area contributed by atoms with E-state index >= 15 is 0 Å². The number of rotatable bonds is 5. The summed E-state index contributed by atoms with van der Waals surface area (Å²) in [5.74, 6) is -2.14. The van der Waals surface area contributed by atoms with E-state index in [9.17, 15) is 13.6 Å². The van der Waals surface area contributed by atoms with Crippen molar-refractivity contribution in [1.29, 1.82) is 0 Å². The van der Waals surface area contributed by atoms with Crippen LogP contribution in [0.15, 0.2) is 18.2 Å². The Labute approximate surface area is 108 Å². The first-order valence-electron chi connectivity index (χ1n) is 5.30. The first-order chi connectivity index (χ1) is 8.24. The minimum Gasteiger partial charge on any atom is -0.480 e. The van der Waals surface area contributed by atoms with Gasteiger partial charge in [-0.2, -0.15) is 0 Å². The normalized spacial score (nSPS) is 13.4. The molecule has 0 unspecified atom stereocenters. The van der Waals surface area contributed by atoms with Crippen molar-refractivity contribution in [3.63, 3.8) is 0 Å². The van der Waals surface area contributed by atoms with E-state index < -0.39 is 28.4 Å². The molecule has 3 N–H and O–H groups in total. The average molecular weight is 275 g/mol. The number of thioether (sulfide) groups is 1. The second-order valence-electron chi connectivity index (χ2n) is 4.44. The van der Waals surface area contributed by atoms with E-state index in [2.05, 4.69) is 0 Å². The van der Waals surface area contributed by atoms with Gasteiger partial charge in [-0.1, -0.05) is 6.07 Å². The third-order valence-electron chi connectivity index (χ3n) is 2.63. The van der Waals surface area contributed by atoms with Crippen LogP contribution in [0.3, 0.4) is 0 Å². The molecule has 1 aromatic carbocycles. The van der Waals surface area contributed by atoms with Gasteiger partial charge in [-0.3, -0.25) is 4.79 Å².